The van der Waals surface area contributed by atoms with Gasteiger partial charge in [-0.15, -0.1) is 0 Å². The number of quaternary nitrogens is 1. The maximum atomic E-state index is 10.9. The summed E-state index contributed by atoms with van der Waals surface area (Å²) in [6, 6.07) is 0. The smallest absolute Gasteiger partial charge is 0.371 e. The van der Waals surface area contributed by atoms with Crippen molar-refractivity contribution >= 4 is 13.8 Å². The fourth-order valence-electron chi connectivity index (χ4n) is 0.988. The maximum Gasteiger partial charge on any atom is 0.526 e. The lowest BCUT2D eigenvalue weighted by Crippen LogP contribution is -2.40. The third-order valence-corrected chi connectivity index (χ3v) is 2.66. The second-order valence-electron chi connectivity index (χ2n) is 4.03. The highest BCUT2D eigenvalue weighted by molar-refractivity contribution is 7.46. The summed E-state index contributed by atoms with van der Waals surface area (Å²) in [5.41, 5.74) is 0. The number of hydrogen-bond acceptors (Lipinski definition) is 3. The van der Waals surface area contributed by atoms with E-state index in [9.17, 15) is 9.36 Å². The van der Waals surface area contributed by atoms with E-state index < -0.39 is 13.8 Å². The third kappa shape index (κ3) is 8.57. The van der Waals surface area contributed by atoms with Crippen molar-refractivity contribution in [1.29, 1.82) is 0 Å². The lowest BCUT2D eigenvalue weighted by atomic mass is 10.3. The minimum Gasteiger partial charge on any atom is -0.371 e. The fourth-order valence-corrected chi connectivity index (χ4v) is 1.34. The van der Waals surface area contributed by atoms with Gasteiger partial charge in [0.2, 0.25) is 0 Å². The number of phosphoric ester groups is 1. The molecular formula is C8H19NO5P+. The molecule has 7 heteroatoms. The fraction of sp³-hybridized carbons (Fsp3) is 0.875. The van der Waals surface area contributed by atoms with Crippen LogP contribution in [0.25, 0.3) is 0 Å². The van der Waals surface area contributed by atoms with Crippen molar-refractivity contribution in [3.8, 4) is 0 Å². The van der Waals surface area contributed by atoms with Crippen LogP contribution in [0.3, 0.4) is 0 Å². The molecule has 15 heavy (non-hydrogen) atoms. The number of nitrogens with zero attached hydrogens (tertiary/aromatic N) is 1. The topological polar surface area (TPSA) is 83.8 Å². The molecule has 6 nitrogen and oxygen atoms in total. The predicted molar refractivity (Wildman–Crippen MR) is 54.9 cm³/mol. The summed E-state index contributed by atoms with van der Waals surface area (Å²) in [4.78, 5) is 27.6. The second-order valence-corrected chi connectivity index (χ2v) is 5.20. The van der Waals surface area contributed by atoms with Crippen LogP contribution in [0.4, 0.5) is 0 Å². The van der Waals surface area contributed by atoms with E-state index in [0.29, 0.717) is 6.42 Å². The molecule has 2 N–H and O–H groups in total. The highest BCUT2D eigenvalue weighted by Gasteiger charge is 2.21. The molecule has 0 aromatic heterocycles. The molecular weight excluding hydrogens is 221 g/mol. The lowest BCUT2D eigenvalue weighted by molar-refractivity contribution is -0.888. The first kappa shape index (κ1) is 14.6. The van der Waals surface area contributed by atoms with Crippen LogP contribution in [0, 0.1) is 0 Å². The van der Waals surface area contributed by atoms with Crippen molar-refractivity contribution in [3.63, 3.8) is 0 Å². The van der Waals surface area contributed by atoms with E-state index in [1.54, 1.807) is 0 Å². The lowest BCUT2D eigenvalue weighted by Gasteiger charge is -2.27. The Labute approximate surface area is 89.7 Å². The molecule has 90 valence electrons. The zero-order chi connectivity index (χ0) is 12.1. The van der Waals surface area contributed by atoms with Crippen molar-refractivity contribution in [2.45, 2.75) is 19.8 Å². The molecule has 0 saturated carbocycles. The monoisotopic (exact) mass is 240 g/mol. The van der Waals surface area contributed by atoms with Gasteiger partial charge in [0, 0.05) is 6.42 Å². The third-order valence-electron chi connectivity index (χ3n) is 2.22. The number of rotatable bonds is 6. The van der Waals surface area contributed by atoms with E-state index in [-0.39, 0.29) is 6.42 Å². The van der Waals surface area contributed by atoms with Crippen LogP contribution in [-0.4, -0.2) is 47.4 Å². The average Bonchev–Trinajstić information content (AvgIpc) is 2.00. The molecule has 0 aliphatic rings. The Morgan fingerprint density at radius 3 is 2.33 bits per heavy atom. The van der Waals surface area contributed by atoms with E-state index in [4.69, 9.17) is 9.79 Å². The summed E-state index contributed by atoms with van der Waals surface area (Å²) >= 11 is 0. The molecule has 0 rings (SSSR count). The first-order valence-corrected chi connectivity index (χ1v) is 6.29. The molecule has 0 aromatic carbocycles. The predicted octanol–water partition coefficient (Wildman–Crippen LogP) is 0.499. The van der Waals surface area contributed by atoms with Gasteiger partial charge in [-0.25, -0.2) is 4.57 Å². The van der Waals surface area contributed by atoms with Gasteiger partial charge in [0.25, 0.3) is 0 Å². The zero-order valence-electron chi connectivity index (χ0n) is 9.34. The molecule has 0 fully saturated rings. The molecule has 0 aromatic rings. The highest BCUT2D eigenvalue weighted by atomic mass is 31.2. The molecule has 0 aliphatic carbocycles. The van der Waals surface area contributed by atoms with Gasteiger partial charge in [0.05, 0.1) is 33.6 Å². The molecule has 0 spiro atoms. The molecule has 0 amide bonds. The standard InChI is InChI=1S/C8H18NO5P/c1-4-9(2,3)7-5-6-8(10)14-15(11,12)13/h4-7H2,1-3H3,(H-,11,12,13)/p+1. The van der Waals surface area contributed by atoms with Crippen LogP contribution in [0.2, 0.25) is 0 Å². The van der Waals surface area contributed by atoms with Crippen LogP contribution in [0.15, 0.2) is 0 Å². The Morgan fingerprint density at radius 1 is 1.40 bits per heavy atom. The van der Waals surface area contributed by atoms with Crippen molar-refractivity contribution in [3.05, 3.63) is 0 Å². The number of carbonyl (C=O) groups is 1. The van der Waals surface area contributed by atoms with Crippen LogP contribution in [-0.2, 0) is 13.9 Å². The summed E-state index contributed by atoms with van der Waals surface area (Å²) < 4.78 is 15.0. The number of phosphoric acid groups is 1. The molecule has 0 bridgehead atoms. The van der Waals surface area contributed by atoms with Gasteiger partial charge < -0.3 is 9.01 Å². The highest BCUT2D eigenvalue weighted by Crippen LogP contribution is 2.36. The zero-order valence-corrected chi connectivity index (χ0v) is 10.2. The van der Waals surface area contributed by atoms with Crippen molar-refractivity contribution in [1.82, 2.24) is 0 Å². The maximum absolute atomic E-state index is 10.9. The largest absolute Gasteiger partial charge is 0.526 e. The minimum atomic E-state index is -4.66. The molecule has 0 atom stereocenters. The number of hydrogen-bond donors (Lipinski definition) is 2. The number of carbonyl (C=O) groups excluding carboxylic acids is 1. The summed E-state index contributed by atoms with van der Waals surface area (Å²) in [5.74, 6) is -0.848. The van der Waals surface area contributed by atoms with Crippen LogP contribution in [0.5, 0.6) is 0 Å². The summed E-state index contributed by atoms with van der Waals surface area (Å²) in [7, 11) is -0.620. The Hall–Kier alpha value is -0.420. The molecule has 0 aliphatic heterocycles. The average molecular weight is 240 g/mol. The summed E-state index contributed by atoms with van der Waals surface area (Å²) in [6.07, 6.45) is 0.590. The van der Waals surface area contributed by atoms with Crippen molar-refractivity contribution in [2.75, 3.05) is 27.2 Å². The van der Waals surface area contributed by atoms with Gasteiger partial charge in [-0.3, -0.25) is 14.6 Å². The van der Waals surface area contributed by atoms with E-state index in [1.807, 2.05) is 21.0 Å². The van der Waals surface area contributed by atoms with Gasteiger partial charge in [-0.2, -0.15) is 0 Å². The molecule has 0 heterocycles. The van der Waals surface area contributed by atoms with E-state index in [1.165, 1.54) is 0 Å². The van der Waals surface area contributed by atoms with Gasteiger partial charge in [0.1, 0.15) is 0 Å². The first-order valence-electron chi connectivity index (χ1n) is 4.76. The van der Waals surface area contributed by atoms with Gasteiger partial charge in [-0.05, 0) is 6.92 Å². The van der Waals surface area contributed by atoms with Gasteiger partial charge in [0.15, 0.2) is 0 Å². The summed E-state index contributed by atoms with van der Waals surface area (Å²) in [5, 5.41) is 0. The first-order chi connectivity index (χ1) is 6.66. The Kier molecular flexibility index (Phi) is 5.45. The molecule has 0 radical (unpaired) electrons. The Balaban J connectivity index is 3.79. The SMILES string of the molecule is CC[N+](C)(C)CCCC(=O)OP(=O)(O)O. The van der Waals surface area contributed by atoms with E-state index >= 15 is 0 Å². The van der Waals surface area contributed by atoms with Crippen molar-refractivity contribution in [2.24, 2.45) is 0 Å². The van der Waals surface area contributed by atoms with Crippen LogP contribution >= 0.6 is 7.82 Å². The van der Waals surface area contributed by atoms with Gasteiger partial charge in [-0.1, -0.05) is 0 Å². The Bertz CT molecular complexity index is 260. The molecule has 0 saturated heterocycles. The quantitative estimate of drug-likeness (QED) is 0.521. The van der Waals surface area contributed by atoms with E-state index in [2.05, 4.69) is 4.52 Å². The van der Waals surface area contributed by atoms with Crippen LogP contribution in [0.1, 0.15) is 19.8 Å². The normalized spacial score (nSPS) is 12.6. The summed E-state index contributed by atoms with van der Waals surface area (Å²) in [6.45, 7) is 3.74. The van der Waals surface area contributed by atoms with Crippen LogP contribution < -0.4 is 0 Å². The second kappa shape index (κ2) is 5.61. The Morgan fingerprint density at radius 2 is 1.93 bits per heavy atom. The minimum absolute atomic E-state index is 0.0345. The van der Waals surface area contributed by atoms with E-state index in [0.717, 1.165) is 17.6 Å². The van der Waals surface area contributed by atoms with Crippen molar-refractivity contribution < 1.29 is 28.2 Å². The molecule has 0 unspecified atom stereocenters. The van der Waals surface area contributed by atoms with Gasteiger partial charge >= 0.3 is 13.8 Å².